The fourth-order valence-electron chi connectivity index (χ4n) is 5.87. The largest absolute Gasteiger partial charge is 0.462 e. The van der Waals surface area contributed by atoms with Crippen LogP contribution in [0.1, 0.15) is 37.0 Å². The van der Waals surface area contributed by atoms with E-state index in [9.17, 15) is 19.2 Å². The highest BCUT2D eigenvalue weighted by molar-refractivity contribution is 5.96. The van der Waals surface area contributed by atoms with Crippen LogP contribution in [0.4, 0.5) is 0 Å². The van der Waals surface area contributed by atoms with Gasteiger partial charge in [-0.25, -0.2) is 14.4 Å². The van der Waals surface area contributed by atoms with Crippen LogP contribution >= 0.6 is 0 Å². The van der Waals surface area contributed by atoms with Crippen molar-refractivity contribution in [1.29, 1.82) is 0 Å². The van der Waals surface area contributed by atoms with E-state index in [2.05, 4.69) is 20.3 Å². The summed E-state index contributed by atoms with van der Waals surface area (Å²) >= 11 is 0. The molecule has 11 nitrogen and oxygen atoms in total. The Bertz CT molecular complexity index is 2340. The van der Waals surface area contributed by atoms with Gasteiger partial charge in [0, 0.05) is 98.2 Å². The average molecular weight is 713 g/mol. The van der Waals surface area contributed by atoms with Gasteiger partial charge in [0.25, 0.3) is 5.91 Å². The monoisotopic (exact) mass is 712 g/mol. The molecule has 0 fully saturated rings. The average Bonchev–Trinajstić information content (AvgIpc) is 3.90. The predicted octanol–water partition coefficient (Wildman–Crippen LogP) is 7.10. The Labute approximate surface area is 305 Å². The fourth-order valence-corrected chi connectivity index (χ4v) is 5.87. The third-order valence-corrected chi connectivity index (χ3v) is 8.69. The van der Waals surface area contributed by atoms with Gasteiger partial charge in [-0.3, -0.25) is 4.79 Å². The molecular weight excluding hydrogens is 672 g/mol. The van der Waals surface area contributed by atoms with Gasteiger partial charge in [0.05, 0.1) is 6.61 Å². The van der Waals surface area contributed by atoms with Crippen molar-refractivity contribution >= 4 is 74.8 Å². The number of amides is 1. The van der Waals surface area contributed by atoms with Crippen molar-refractivity contribution in [2.45, 2.75) is 26.4 Å². The van der Waals surface area contributed by atoms with Gasteiger partial charge in [-0.1, -0.05) is 68.4 Å². The highest BCUT2D eigenvalue weighted by Gasteiger charge is 2.39. The van der Waals surface area contributed by atoms with Crippen LogP contribution in [-0.4, -0.2) is 64.6 Å². The molecule has 3 aromatic heterocycles. The van der Waals surface area contributed by atoms with Crippen molar-refractivity contribution in [3.8, 4) is 0 Å². The fraction of sp³-hybridized carbons (Fsp3) is 0.190. The Kier molecular flexibility index (Phi) is 11.3. The lowest BCUT2D eigenvalue weighted by atomic mass is 9.86. The molecule has 0 unspecified atom stereocenters. The van der Waals surface area contributed by atoms with Crippen LogP contribution in [0, 0.1) is 5.41 Å². The van der Waals surface area contributed by atoms with Crippen molar-refractivity contribution in [1.82, 2.24) is 20.3 Å². The lowest BCUT2D eigenvalue weighted by molar-refractivity contribution is -0.164. The van der Waals surface area contributed by atoms with Crippen molar-refractivity contribution < 1.29 is 33.4 Å². The zero-order chi connectivity index (χ0) is 37.2. The molecule has 0 aliphatic rings. The standard InChI is InChI=1S/C42H40N4O7/c1-42(2,27-52-38(48)20-17-29-25-45-35-14-7-4-11-32(29)35)40(53-39(49)21-18-30-26-46-36-15-8-5-12-33(30)36)41(50)43-22-9-23-51-37(47)19-16-28-24-44-34-13-6-3-10-31(28)34/h3-8,10-21,24-26,40,44-46H,9,22-23,27H2,1-2H3,(H,43,50)/b19-16+,20-17+,21-18+/t40-/m0/s1. The topological polar surface area (TPSA) is 155 Å². The first kappa shape index (κ1) is 36.2. The van der Waals surface area contributed by atoms with Crippen LogP contribution in [0.2, 0.25) is 0 Å². The molecule has 3 aromatic carbocycles. The number of carbonyl (C=O) groups excluding carboxylic acids is 4. The SMILES string of the molecule is CC(C)(COC(=O)/C=C/c1c[nH]c2ccccc12)[C@@H](OC(=O)/C=C/c1c[nH]c2ccccc12)C(=O)NCCCOC(=O)/C=C/c1c[nH]c2ccccc12. The quantitative estimate of drug-likeness (QED) is 0.0383. The van der Waals surface area contributed by atoms with Crippen LogP contribution in [0.3, 0.4) is 0 Å². The van der Waals surface area contributed by atoms with E-state index in [1.807, 2.05) is 79.0 Å². The molecule has 0 saturated heterocycles. The van der Waals surface area contributed by atoms with Gasteiger partial charge in [-0.05, 0) is 42.8 Å². The minimum absolute atomic E-state index is 0.0545. The summed E-state index contributed by atoms with van der Waals surface area (Å²) < 4.78 is 16.6. The smallest absolute Gasteiger partial charge is 0.331 e. The predicted molar refractivity (Wildman–Crippen MR) is 205 cm³/mol. The maximum atomic E-state index is 13.5. The number of hydrogen-bond acceptors (Lipinski definition) is 7. The molecule has 0 aliphatic carbocycles. The lowest BCUT2D eigenvalue weighted by Gasteiger charge is -2.31. The number of nitrogens with one attached hydrogen (secondary N) is 4. The molecule has 270 valence electrons. The number of esters is 3. The molecule has 11 heteroatoms. The van der Waals surface area contributed by atoms with Gasteiger partial charge in [0.15, 0.2) is 6.10 Å². The Hall–Kier alpha value is -6.62. The molecule has 0 aliphatic heterocycles. The van der Waals surface area contributed by atoms with E-state index in [0.29, 0.717) is 6.42 Å². The van der Waals surface area contributed by atoms with Gasteiger partial charge in [0.1, 0.15) is 6.61 Å². The molecule has 6 aromatic rings. The van der Waals surface area contributed by atoms with Crippen molar-refractivity contribution in [2.24, 2.45) is 5.41 Å². The van der Waals surface area contributed by atoms with Crippen LogP contribution in [0.25, 0.3) is 50.9 Å². The number of fused-ring (bicyclic) bond motifs is 3. The number of ether oxygens (including phenoxy) is 3. The molecule has 0 saturated carbocycles. The third-order valence-electron chi connectivity index (χ3n) is 8.69. The minimum Gasteiger partial charge on any atom is -0.462 e. The summed E-state index contributed by atoms with van der Waals surface area (Å²) in [5.41, 5.74) is 4.15. The van der Waals surface area contributed by atoms with Crippen LogP contribution in [0.5, 0.6) is 0 Å². The number of H-pyrrole nitrogens is 3. The molecule has 3 heterocycles. The number of aromatic amines is 3. The Morgan fingerprint density at radius 2 is 1.08 bits per heavy atom. The molecule has 0 radical (unpaired) electrons. The summed E-state index contributed by atoms with van der Waals surface area (Å²) in [4.78, 5) is 61.2. The van der Waals surface area contributed by atoms with Crippen molar-refractivity contribution in [3.05, 3.63) is 126 Å². The van der Waals surface area contributed by atoms with Gasteiger partial charge >= 0.3 is 17.9 Å². The van der Waals surface area contributed by atoms with E-state index in [-0.39, 0.29) is 19.8 Å². The lowest BCUT2D eigenvalue weighted by Crippen LogP contribution is -2.49. The summed E-state index contributed by atoms with van der Waals surface area (Å²) in [5, 5.41) is 5.64. The highest BCUT2D eigenvalue weighted by Crippen LogP contribution is 2.26. The number of carbonyl (C=O) groups is 4. The maximum absolute atomic E-state index is 13.5. The van der Waals surface area contributed by atoms with Crippen LogP contribution in [-0.2, 0) is 33.4 Å². The Balaban J connectivity index is 1.05. The number of benzene rings is 3. The Morgan fingerprint density at radius 3 is 1.57 bits per heavy atom. The number of rotatable bonds is 15. The molecule has 1 amide bonds. The van der Waals surface area contributed by atoms with Crippen LogP contribution < -0.4 is 5.32 Å². The van der Waals surface area contributed by atoms with Crippen molar-refractivity contribution in [3.63, 3.8) is 0 Å². The number of aromatic nitrogens is 3. The van der Waals surface area contributed by atoms with E-state index >= 15 is 0 Å². The molecule has 0 bridgehead atoms. The highest BCUT2D eigenvalue weighted by atomic mass is 16.6. The maximum Gasteiger partial charge on any atom is 0.331 e. The van der Waals surface area contributed by atoms with Gasteiger partial charge in [-0.15, -0.1) is 0 Å². The summed E-state index contributed by atoms with van der Waals surface area (Å²) in [6, 6.07) is 23.1. The van der Waals surface area contributed by atoms with Gasteiger partial charge in [-0.2, -0.15) is 0 Å². The minimum atomic E-state index is -1.32. The van der Waals surface area contributed by atoms with Gasteiger partial charge in [0.2, 0.25) is 0 Å². The molecular formula is C42H40N4O7. The second kappa shape index (κ2) is 16.6. The van der Waals surface area contributed by atoms with E-state index in [1.165, 1.54) is 18.2 Å². The molecule has 53 heavy (non-hydrogen) atoms. The zero-order valence-corrected chi connectivity index (χ0v) is 29.4. The van der Waals surface area contributed by atoms with Crippen molar-refractivity contribution in [2.75, 3.05) is 19.8 Å². The molecule has 6 rings (SSSR count). The van der Waals surface area contributed by atoms with Crippen LogP contribution in [0.15, 0.2) is 110 Å². The third kappa shape index (κ3) is 9.19. The first-order chi connectivity index (χ1) is 25.7. The van der Waals surface area contributed by atoms with E-state index in [4.69, 9.17) is 14.2 Å². The number of para-hydroxylation sites is 3. The van der Waals surface area contributed by atoms with Gasteiger partial charge < -0.3 is 34.5 Å². The second-order valence-electron chi connectivity index (χ2n) is 13.1. The summed E-state index contributed by atoms with van der Waals surface area (Å²) in [6.07, 6.45) is 13.2. The zero-order valence-electron chi connectivity index (χ0n) is 29.4. The summed E-state index contributed by atoms with van der Waals surface area (Å²) in [6.45, 7) is 3.32. The van der Waals surface area contributed by atoms with E-state index in [1.54, 1.807) is 44.5 Å². The molecule has 1 atom stereocenters. The van der Waals surface area contributed by atoms with E-state index < -0.39 is 35.3 Å². The Morgan fingerprint density at radius 1 is 0.642 bits per heavy atom. The number of hydrogen-bond donors (Lipinski definition) is 4. The summed E-state index contributed by atoms with van der Waals surface area (Å²) in [5.74, 6) is -2.46. The van der Waals surface area contributed by atoms with E-state index in [0.717, 1.165) is 49.4 Å². The first-order valence-electron chi connectivity index (χ1n) is 17.2. The summed E-state index contributed by atoms with van der Waals surface area (Å²) in [7, 11) is 0. The first-order valence-corrected chi connectivity index (χ1v) is 17.2. The molecule has 4 N–H and O–H groups in total. The normalized spacial score (nSPS) is 12.6. The second-order valence-corrected chi connectivity index (χ2v) is 13.1. The molecule has 0 spiro atoms.